The van der Waals surface area contributed by atoms with Crippen LogP contribution in [0, 0.1) is 62.8 Å². The lowest BCUT2D eigenvalue weighted by molar-refractivity contribution is -0.208. The fourth-order valence-electron chi connectivity index (χ4n) is 12.8. The molecule has 0 aliphatic carbocycles. The molecule has 7 aromatic rings. The summed E-state index contributed by atoms with van der Waals surface area (Å²) in [5, 5.41) is 85.2. The molecule has 9 aliphatic heterocycles. The zero-order valence-electron chi connectivity index (χ0n) is 71.7. The minimum atomic E-state index is -4.79. The van der Waals surface area contributed by atoms with Gasteiger partial charge < -0.3 is 88.1 Å². The van der Waals surface area contributed by atoms with Crippen LogP contribution in [0.25, 0.3) is 0 Å². The van der Waals surface area contributed by atoms with Gasteiger partial charge in [-0.05, 0) is 114 Å². The number of carbonyl (C=O) groups excluding carboxylic acids is 1. The first kappa shape index (κ1) is 85.4. The van der Waals surface area contributed by atoms with Gasteiger partial charge in [-0.15, -0.1) is 0 Å². The van der Waals surface area contributed by atoms with Crippen molar-refractivity contribution < 1.29 is 163 Å². The molecule has 124 heavy (non-hydrogen) atoms. The average molecular weight is 1890 g/mol. The van der Waals surface area contributed by atoms with Crippen molar-refractivity contribution >= 4 is 73.9 Å². The standard InChI is InChI=1S/C19H22FN2O8P.3C18H20FN2O8PS/c1-10-5-4-6-13-8-27-31(26,30-15(10)13)28-9-19(20)16(24)14(23)18(29-19)22-7-11(2)17(25)21-12(22)3;3*1-9-4-3-5-11-7-26-30(25,29-13(9)11)27-8-18(19)14(23)12(22)16(28-18)21-6-10(2)15(24)20-17(21)31/h4-7,14,16,18,23-24H,3,8-9H2,1-2H3,(H,21,25);3*3-6,12,14,16,22-23H,7-8H2,1-2H3,(H,20,24,31)/t14-,16+,18-,19-,31?;3*12-,14+,16-,18-,30?/m1111/s1/i9D2,18D;16D;8D2;. The molecule has 0 spiro atoms. The van der Waals surface area contributed by atoms with Crippen LogP contribution in [0.5, 0.6) is 23.0 Å². The van der Waals surface area contributed by atoms with Gasteiger partial charge in [0.05, 0.1) is 34.7 Å². The maximum atomic E-state index is 15.9. The number of aliphatic hydroxyl groups excluding tert-OH is 8. The third-order valence-electron chi connectivity index (χ3n) is 19.7. The van der Waals surface area contributed by atoms with Crippen molar-refractivity contribution in [1.82, 2.24) is 38.9 Å². The monoisotopic (exact) mass is 1880 g/mol. The molecule has 0 bridgehead atoms. The molecule has 16 rings (SSSR count). The summed E-state index contributed by atoms with van der Waals surface area (Å²) in [6.45, 7) is 5.51. The summed E-state index contributed by atoms with van der Waals surface area (Å²) < 4.78 is 247. The van der Waals surface area contributed by atoms with Gasteiger partial charge in [0.2, 0.25) is 0 Å². The van der Waals surface area contributed by atoms with E-state index in [0.29, 0.717) is 55.2 Å². The van der Waals surface area contributed by atoms with Crippen molar-refractivity contribution in [3.05, 3.63) is 222 Å². The topological polar surface area (TPSA) is 524 Å². The number of H-pyrrole nitrogens is 3. The summed E-state index contributed by atoms with van der Waals surface area (Å²) in [4.78, 5) is 54.5. The Morgan fingerprint density at radius 1 is 0.452 bits per heavy atom. The third-order valence-corrected chi connectivity index (χ3v) is 25.6. The molecule has 4 fully saturated rings. The lowest BCUT2D eigenvalue weighted by Gasteiger charge is -2.34. The maximum Gasteiger partial charge on any atom is 0.530 e. The van der Waals surface area contributed by atoms with E-state index in [-0.39, 0.29) is 86.1 Å². The number of benzene rings is 4. The van der Waals surface area contributed by atoms with Gasteiger partial charge in [0, 0.05) is 69.3 Å². The number of nitrogens with one attached hydrogen (secondary N) is 4. The number of halogens is 4. The number of aryl methyl sites for hydroxylation is 7. The number of nitrogens with zero attached hydrogens (tertiary/aromatic N) is 4. The van der Waals surface area contributed by atoms with Gasteiger partial charge in [-0.2, -0.15) is 0 Å². The number of phosphoric ester groups is 4. The van der Waals surface area contributed by atoms with Crippen LogP contribution in [0.1, 0.15) is 95.0 Å². The number of aromatic amines is 3. The number of aliphatic hydroxyl groups is 8. The quantitative estimate of drug-likeness (QED) is 0.0247. The van der Waals surface area contributed by atoms with Crippen LogP contribution >= 0.6 is 67.9 Å². The van der Waals surface area contributed by atoms with Gasteiger partial charge in [-0.3, -0.25) is 84.0 Å². The van der Waals surface area contributed by atoms with Crippen molar-refractivity contribution in [1.29, 1.82) is 0 Å². The van der Waals surface area contributed by atoms with E-state index in [2.05, 4.69) is 26.8 Å². The molecular weight excluding hydrogens is 1800 g/mol. The van der Waals surface area contributed by atoms with Crippen LogP contribution in [0.2, 0.25) is 0 Å². The summed E-state index contributed by atoms with van der Waals surface area (Å²) in [7, 11) is -18.0. The van der Waals surface area contributed by atoms with E-state index in [1.165, 1.54) is 33.9 Å². The van der Waals surface area contributed by atoms with Crippen molar-refractivity contribution in [2.24, 2.45) is 0 Å². The SMILES string of the molecule is Cc1cccc2c1OP(=O)(OC[C@@]1(F)O[C@@H](n3cc(C)c(=O)[nH]c3=S)[C@H](O)[C@@H]1O)OC2.[2H]C([2H])(OP1(=O)OCc2cccc(C)c2O1)[C@@]1(F)O[C@@H](n2cc(C)c(=O)[nH]c2=S)[C@H](O)[C@@H]1O.[2H]C([2H])(OP1(=O)OCc2cccc(C)c2O1)[C@@]1(F)O[C@@]([2H])(N2C=C(C)C(=O)NC2=C)[C@H](O)[C@@H]1O.[2H][C@@]1(n2cc(C)c(=O)[nH]c2=S)O[C@](F)(COP2(=O)OCc3cccc(C)c3O2)[C@@H](O)[C@H]1O. The summed E-state index contributed by atoms with van der Waals surface area (Å²) >= 11 is 15.0. The summed E-state index contributed by atoms with van der Waals surface area (Å²) in [6, 6.07) is 20.4. The molecule has 12 N–H and O–H groups in total. The van der Waals surface area contributed by atoms with Gasteiger partial charge in [0.1, 0.15) is 104 Å². The van der Waals surface area contributed by atoms with Gasteiger partial charge in [0.25, 0.3) is 46.0 Å². The number of hydrogen-bond donors (Lipinski definition) is 12. The largest absolute Gasteiger partial charge is 0.530 e. The van der Waals surface area contributed by atoms with Crippen LogP contribution in [0.4, 0.5) is 17.6 Å². The van der Waals surface area contributed by atoms with Crippen LogP contribution in [0.3, 0.4) is 0 Å². The number of para-hydroxylation sites is 4. The van der Waals surface area contributed by atoms with Crippen LogP contribution in [-0.4, -0.2) is 185 Å². The second-order valence-electron chi connectivity index (χ2n) is 28.8. The molecule has 3 aromatic heterocycles. The van der Waals surface area contributed by atoms with Crippen molar-refractivity contribution in [3.63, 3.8) is 0 Å². The highest BCUT2D eigenvalue weighted by Gasteiger charge is 2.62. The Labute approximate surface area is 722 Å². The number of hydrogen-bond acceptors (Lipinski definition) is 36. The number of rotatable bonds is 16. The smallest absolute Gasteiger partial charge is 0.403 e. The predicted molar refractivity (Wildman–Crippen MR) is 424 cm³/mol. The summed E-state index contributed by atoms with van der Waals surface area (Å²) in [5.41, 5.74) is 3.70. The molecule has 4 aromatic carbocycles. The van der Waals surface area contributed by atoms with E-state index in [0.717, 1.165) is 32.3 Å². The molecule has 51 heteroatoms. The molecule has 40 nitrogen and oxygen atoms in total. The van der Waals surface area contributed by atoms with Gasteiger partial charge >= 0.3 is 31.3 Å². The maximum absolute atomic E-state index is 15.9. The van der Waals surface area contributed by atoms with Gasteiger partial charge in [-0.25, -0.2) is 35.8 Å². The molecule has 0 saturated carbocycles. The number of aromatic nitrogens is 6. The second kappa shape index (κ2) is 35.9. The fraction of sp³-hybridized carbons (Fsp3) is 0.438. The number of alkyl halides is 4. The third kappa shape index (κ3) is 19.1. The molecule has 12 heterocycles. The summed E-state index contributed by atoms with van der Waals surface area (Å²) in [5.74, 6) is -13.9. The van der Waals surface area contributed by atoms with Crippen molar-refractivity contribution in [3.8, 4) is 23.0 Å². The van der Waals surface area contributed by atoms with Crippen molar-refractivity contribution in [2.75, 3.05) is 26.3 Å². The zero-order chi connectivity index (χ0) is 95.6. The van der Waals surface area contributed by atoms with Gasteiger partial charge in [0.15, 0.2) is 39.2 Å². The zero-order valence-corrected chi connectivity index (χ0v) is 71.7. The Balaban J connectivity index is 0.000000148. The number of fused-ring (bicyclic) bond motifs is 4. The highest BCUT2D eigenvalue weighted by atomic mass is 32.1. The number of amides is 1. The molecule has 20 atom stereocenters. The Bertz CT molecular complexity index is 6340. The second-order valence-corrected chi connectivity index (χ2v) is 36.2. The Hall–Kier alpha value is -8.03. The first-order valence-electron chi connectivity index (χ1n) is 39.6. The van der Waals surface area contributed by atoms with E-state index >= 15 is 17.6 Å². The van der Waals surface area contributed by atoms with Gasteiger partial charge in [-0.1, -0.05) is 79.4 Å². The lowest BCUT2D eigenvalue weighted by atomic mass is 10.1. The minimum Gasteiger partial charge on any atom is -0.403 e. The molecule has 0 radical (unpaired) electrons. The average Bonchev–Trinajstić information content (AvgIpc) is 1.55. The van der Waals surface area contributed by atoms with Crippen molar-refractivity contribution in [2.45, 2.75) is 179 Å². The fourth-order valence-corrected chi connectivity index (χ4v) is 18.5. The molecule has 4 saturated heterocycles. The number of phosphoric acid groups is 4. The normalized spacial score (nSPS) is 35.3. The van der Waals surface area contributed by atoms with Crippen LogP contribution in [0.15, 0.2) is 130 Å². The first-order chi connectivity index (χ1) is 60.3. The van der Waals surface area contributed by atoms with E-state index < -0.39 is 177 Å². The molecular formula is C73H82F4N8O32P4S3. The molecule has 4 unspecified atom stereocenters. The molecule has 672 valence electrons. The summed E-state index contributed by atoms with van der Waals surface area (Å²) in [6.07, 6.45) is -22.2. The molecule has 9 aliphatic rings. The predicted octanol–water partition coefficient (Wildman–Crippen LogP) is 8.10. The van der Waals surface area contributed by atoms with E-state index in [4.69, 9.17) is 118 Å². The number of ether oxygens (including phenoxy) is 4. The van der Waals surface area contributed by atoms with Crippen LogP contribution < -0.4 is 40.1 Å². The Morgan fingerprint density at radius 2 is 0.750 bits per heavy atom. The van der Waals surface area contributed by atoms with E-state index in [1.807, 2.05) is 0 Å². The molecule has 1 amide bonds. The highest BCUT2D eigenvalue weighted by Crippen LogP contribution is 2.61. The van der Waals surface area contributed by atoms with E-state index in [9.17, 15) is 78.3 Å². The van der Waals surface area contributed by atoms with Crippen LogP contribution in [-0.2, 0) is 105 Å². The highest BCUT2D eigenvalue weighted by molar-refractivity contribution is 7.71. The lowest BCUT2D eigenvalue weighted by Crippen LogP contribution is -2.47. The first-order valence-corrected chi connectivity index (χ1v) is 43.6. The Kier molecular flexibility index (Phi) is 24.7. The minimum absolute atomic E-state index is 0.0300. The van der Waals surface area contributed by atoms with E-state index in [1.54, 1.807) is 100 Å². The Morgan fingerprint density at radius 3 is 1.14 bits per heavy atom. The number of carbonyl (C=O) groups is 1.